The Kier molecular flexibility index (Phi) is 3.60. The van der Waals surface area contributed by atoms with Gasteiger partial charge in [-0.15, -0.1) is 0 Å². The van der Waals surface area contributed by atoms with Gasteiger partial charge in [-0.3, -0.25) is 4.90 Å². The maximum absolute atomic E-state index is 9.60. The number of likely N-dealkylation sites (tertiary alicyclic amines) is 1. The molecule has 0 aliphatic carbocycles. The number of hydrogen-bond donors (Lipinski definition) is 0. The highest BCUT2D eigenvalue weighted by atomic mass is 79.9. The summed E-state index contributed by atoms with van der Waals surface area (Å²) < 4.78 is 1.03. The molecule has 2 aromatic carbocycles. The number of benzene rings is 2. The molecule has 20 heavy (non-hydrogen) atoms. The van der Waals surface area contributed by atoms with E-state index in [4.69, 9.17) is 0 Å². The average molecular weight is 327 g/mol. The molecule has 0 atom stereocenters. The van der Waals surface area contributed by atoms with Gasteiger partial charge >= 0.3 is 0 Å². The maximum Gasteiger partial charge on any atom is 0.109 e. The van der Waals surface area contributed by atoms with Gasteiger partial charge in [0.2, 0.25) is 0 Å². The Morgan fingerprint density at radius 1 is 1.05 bits per heavy atom. The summed E-state index contributed by atoms with van der Waals surface area (Å²) in [6, 6.07) is 21.0. The van der Waals surface area contributed by atoms with Crippen LogP contribution in [0.1, 0.15) is 11.1 Å². The average Bonchev–Trinajstić information content (AvgIpc) is 2.44. The van der Waals surface area contributed by atoms with E-state index < -0.39 is 0 Å². The van der Waals surface area contributed by atoms with Crippen LogP contribution in [0, 0.1) is 11.3 Å². The first-order valence-electron chi connectivity index (χ1n) is 6.66. The number of nitriles is 1. The Morgan fingerprint density at radius 3 is 2.35 bits per heavy atom. The molecule has 1 saturated heterocycles. The second-order valence-corrected chi connectivity index (χ2v) is 6.16. The molecule has 3 rings (SSSR count). The zero-order valence-electron chi connectivity index (χ0n) is 11.1. The second kappa shape index (κ2) is 5.40. The first-order valence-corrected chi connectivity index (χ1v) is 7.45. The molecule has 0 bridgehead atoms. The Hall–Kier alpha value is -1.63. The summed E-state index contributed by atoms with van der Waals surface area (Å²) in [6.45, 7) is 2.50. The monoisotopic (exact) mass is 326 g/mol. The quantitative estimate of drug-likeness (QED) is 0.859. The van der Waals surface area contributed by atoms with Crippen LogP contribution in [-0.4, -0.2) is 18.0 Å². The highest BCUT2D eigenvalue weighted by Crippen LogP contribution is 2.38. The van der Waals surface area contributed by atoms with Crippen molar-refractivity contribution in [2.45, 2.75) is 12.0 Å². The smallest absolute Gasteiger partial charge is 0.109 e. The van der Waals surface area contributed by atoms with Gasteiger partial charge < -0.3 is 0 Å². The Bertz CT molecular complexity index is 640. The molecular weight excluding hydrogens is 312 g/mol. The standard InChI is InChI=1S/C17H15BrN2/c18-16-9-5-4-8-15(16)17(11-19)12-20(13-17)10-14-6-2-1-3-7-14/h1-9H,10,12-13H2. The van der Waals surface area contributed by atoms with E-state index in [9.17, 15) is 5.26 Å². The second-order valence-electron chi connectivity index (χ2n) is 5.30. The van der Waals surface area contributed by atoms with Crippen molar-refractivity contribution in [1.82, 2.24) is 4.90 Å². The van der Waals surface area contributed by atoms with Crippen molar-refractivity contribution in [3.8, 4) is 6.07 Å². The number of halogens is 1. The zero-order chi connectivity index (χ0) is 14.0. The molecule has 1 aliphatic heterocycles. The van der Waals surface area contributed by atoms with Gasteiger partial charge in [0.05, 0.1) is 6.07 Å². The lowest BCUT2D eigenvalue weighted by Gasteiger charge is -2.46. The van der Waals surface area contributed by atoms with E-state index in [-0.39, 0.29) is 5.41 Å². The summed E-state index contributed by atoms with van der Waals surface area (Å²) >= 11 is 3.56. The lowest BCUT2D eigenvalue weighted by Crippen LogP contribution is -2.58. The van der Waals surface area contributed by atoms with Crippen molar-refractivity contribution in [2.75, 3.05) is 13.1 Å². The highest BCUT2D eigenvalue weighted by Gasteiger charge is 2.45. The molecule has 1 aliphatic rings. The van der Waals surface area contributed by atoms with Crippen LogP contribution in [0.4, 0.5) is 0 Å². The summed E-state index contributed by atoms with van der Waals surface area (Å²) in [5.41, 5.74) is 2.03. The van der Waals surface area contributed by atoms with Gasteiger partial charge in [0.1, 0.15) is 5.41 Å². The van der Waals surface area contributed by atoms with E-state index in [1.807, 2.05) is 30.3 Å². The minimum absolute atomic E-state index is 0.366. The Morgan fingerprint density at radius 2 is 1.70 bits per heavy atom. The van der Waals surface area contributed by atoms with Crippen LogP contribution in [0.25, 0.3) is 0 Å². The summed E-state index contributed by atoms with van der Waals surface area (Å²) in [5, 5.41) is 9.60. The van der Waals surface area contributed by atoms with Gasteiger partial charge in [0.15, 0.2) is 0 Å². The fourth-order valence-electron chi connectivity index (χ4n) is 2.82. The zero-order valence-corrected chi connectivity index (χ0v) is 12.7. The molecule has 1 fully saturated rings. The lowest BCUT2D eigenvalue weighted by atomic mass is 9.75. The SMILES string of the molecule is N#CC1(c2ccccc2Br)CN(Cc2ccccc2)C1. The molecule has 0 spiro atoms. The number of hydrogen-bond acceptors (Lipinski definition) is 2. The Balaban J connectivity index is 1.74. The fourth-order valence-corrected chi connectivity index (χ4v) is 3.49. The third-order valence-corrected chi connectivity index (χ3v) is 4.53. The first kappa shape index (κ1) is 13.4. The van der Waals surface area contributed by atoms with Crippen molar-refractivity contribution in [2.24, 2.45) is 0 Å². The van der Waals surface area contributed by atoms with E-state index >= 15 is 0 Å². The van der Waals surface area contributed by atoms with Crippen LogP contribution in [-0.2, 0) is 12.0 Å². The number of rotatable bonds is 3. The van der Waals surface area contributed by atoms with Gasteiger partial charge in [0, 0.05) is 24.1 Å². The molecule has 100 valence electrons. The summed E-state index contributed by atoms with van der Waals surface area (Å²) in [5.74, 6) is 0. The summed E-state index contributed by atoms with van der Waals surface area (Å²) in [7, 11) is 0. The predicted molar refractivity (Wildman–Crippen MR) is 83.2 cm³/mol. The van der Waals surface area contributed by atoms with Crippen LogP contribution in [0.3, 0.4) is 0 Å². The molecule has 0 aromatic heterocycles. The molecule has 3 heteroatoms. The minimum atomic E-state index is -0.366. The van der Waals surface area contributed by atoms with Crippen molar-refractivity contribution in [3.63, 3.8) is 0 Å². The lowest BCUT2D eigenvalue weighted by molar-refractivity contribution is 0.0947. The molecule has 0 radical (unpaired) electrons. The molecule has 2 nitrogen and oxygen atoms in total. The van der Waals surface area contributed by atoms with Crippen LogP contribution >= 0.6 is 15.9 Å². The van der Waals surface area contributed by atoms with Gasteiger partial charge in [-0.25, -0.2) is 0 Å². The van der Waals surface area contributed by atoms with Gasteiger partial charge in [-0.1, -0.05) is 64.5 Å². The van der Waals surface area contributed by atoms with Crippen LogP contribution in [0.15, 0.2) is 59.1 Å². The van der Waals surface area contributed by atoms with E-state index in [0.717, 1.165) is 29.7 Å². The fraction of sp³-hybridized carbons (Fsp3) is 0.235. The third kappa shape index (κ3) is 2.37. The topological polar surface area (TPSA) is 27.0 Å². The maximum atomic E-state index is 9.60. The summed E-state index contributed by atoms with van der Waals surface area (Å²) in [6.07, 6.45) is 0. The van der Waals surface area contributed by atoms with Crippen molar-refractivity contribution < 1.29 is 0 Å². The van der Waals surface area contributed by atoms with Crippen LogP contribution < -0.4 is 0 Å². The minimum Gasteiger partial charge on any atom is -0.295 e. The first-order chi connectivity index (χ1) is 9.73. The van der Waals surface area contributed by atoms with E-state index in [2.05, 4.69) is 51.2 Å². The van der Waals surface area contributed by atoms with Crippen LogP contribution in [0.5, 0.6) is 0 Å². The molecule has 0 unspecified atom stereocenters. The molecule has 0 saturated carbocycles. The molecule has 0 amide bonds. The molecular formula is C17H15BrN2. The highest BCUT2D eigenvalue weighted by molar-refractivity contribution is 9.10. The molecule has 2 aromatic rings. The Labute approximate surface area is 127 Å². The summed E-state index contributed by atoms with van der Waals surface area (Å²) in [4.78, 5) is 2.32. The van der Waals surface area contributed by atoms with Crippen molar-refractivity contribution >= 4 is 15.9 Å². The van der Waals surface area contributed by atoms with Gasteiger partial charge in [-0.2, -0.15) is 5.26 Å². The van der Waals surface area contributed by atoms with Crippen LogP contribution in [0.2, 0.25) is 0 Å². The van der Waals surface area contributed by atoms with Crippen molar-refractivity contribution in [1.29, 1.82) is 5.26 Å². The third-order valence-electron chi connectivity index (χ3n) is 3.84. The normalized spacial score (nSPS) is 17.2. The largest absolute Gasteiger partial charge is 0.295 e. The van der Waals surface area contributed by atoms with E-state index in [1.54, 1.807) is 0 Å². The molecule has 0 N–H and O–H groups in total. The van der Waals surface area contributed by atoms with Gasteiger partial charge in [0.25, 0.3) is 0 Å². The van der Waals surface area contributed by atoms with E-state index in [0.29, 0.717) is 0 Å². The molecule has 1 heterocycles. The van der Waals surface area contributed by atoms with Gasteiger partial charge in [-0.05, 0) is 17.2 Å². The van der Waals surface area contributed by atoms with Crippen molar-refractivity contribution in [3.05, 3.63) is 70.2 Å². The predicted octanol–water partition coefficient (Wildman–Crippen LogP) is 3.73. The van der Waals surface area contributed by atoms with E-state index in [1.165, 1.54) is 5.56 Å². The number of nitrogens with zero attached hydrogens (tertiary/aromatic N) is 2.